The van der Waals surface area contributed by atoms with Crippen molar-refractivity contribution in [1.82, 2.24) is 59.1 Å². The normalized spacial score (nSPS) is 12.4. The van der Waals surface area contributed by atoms with E-state index in [0.29, 0.717) is 84.6 Å². The predicted molar refractivity (Wildman–Crippen MR) is 573 cm³/mol. The molecule has 0 bridgehead atoms. The number of carbonyl (C=O) groups excluding carboxylic acids is 5. The smallest absolute Gasteiger partial charge is 1.00 e. The second kappa shape index (κ2) is 52.6. The standard InChI is InChI=1S/C27H34ClN3O3Si.C21H20ClN3O3.C21H18ClN3O3.C20H32BNO5Si.C7H4ClIN2.C4H8O.CH4.ClO2.2Na.HO4P.H/c1-26(2,3)34-25(32)31-22-12-9-17(16-33-35(7,8)27(4,5)6)13-18(22)14-23(31)24-20-11-10-19(28)15-21(20)29-30-24;2*1-21(2,3)28-20(27)25-17-7-4-12(11-26)8-13(17)9-18(25)19-15-6-5-14(22)10-16(15)23-24-19;1-19(2,3)27-18(23)22-16-10-9-14(11-15(16)12-17(22)21(24)25)13-26-28(7,8)20(4,5)6;8-4-1-2-5-6(3-4)10-11-7(5)9;1-2-4-5-3-1;;2-1-3;;;1-4-5(2)3;/h9-15H,16H2,1-8H3,(H,29,30);4-10,26H,11H2,1-3H3,(H,23,24);4-11H,1-3H3,(H,23,24);9-12,24-25H,13H2,1-8H3;1-3H,(H,10,11);1-4H2;1H4;;;;1H;/q;;;;;;;-1;2*+1;;-1. The number of H-pyrrole nitrogens is 4. The molecular weight excluding hydrogens is 2170 g/mol. The molecular formula is C101H122BCl5IN12Na2O21PSi2. The third-order valence-electron chi connectivity index (χ3n) is 22.8. The van der Waals surface area contributed by atoms with Crippen LogP contribution in [0, 0.1) is 15.0 Å². The van der Waals surface area contributed by atoms with Gasteiger partial charge in [0.05, 0.1) is 98.0 Å². The molecule has 1 aliphatic heterocycles. The van der Waals surface area contributed by atoms with Gasteiger partial charge in [-0.05, 0) is 328 Å². The molecule has 772 valence electrons. The number of halogens is 6. The summed E-state index contributed by atoms with van der Waals surface area (Å²) in [6.07, 6.45) is 1.24. The molecule has 0 radical (unpaired) electrons. The Morgan fingerprint density at radius 1 is 0.479 bits per heavy atom. The van der Waals surface area contributed by atoms with Crippen LogP contribution in [0.4, 0.5) is 19.2 Å². The van der Waals surface area contributed by atoms with Crippen LogP contribution in [0.25, 0.3) is 121 Å². The van der Waals surface area contributed by atoms with Crippen molar-refractivity contribution < 1.29 is 172 Å². The van der Waals surface area contributed by atoms with Gasteiger partial charge in [-0.15, -0.1) is 0 Å². The number of carbonyl (C=O) groups is 5. The second-order valence-electron chi connectivity index (χ2n) is 40.3. The van der Waals surface area contributed by atoms with Crippen molar-refractivity contribution in [2.75, 3.05) is 13.2 Å². The predicted octanol–water partition coefficient (Wildman–Crippen LogP) is 17.8. The summed E-state index contributed by atoms with van der Waals surface area (Å²) < 4.78 is 75.1. The van der Waals surface area contributed by atoms with Gasteiger partial charge in [0.25, 0.3) is 0 Å². The van der Waals surface area contributed by atoms with Gasteiger partial charge in [0, 0.05) is 86.6 Å². The number of aliphatic hydroxyl groups excluding tert-OH is 1. The van der Waals surface area contributed by atoms with Crippen molar-refractivity contribution >= 4 is 224 Å². The van der Waals surface area contributed by atoms with Gasteiger partial charge in [-0.25, -0.2) is 38.1 Å². The van der Waals surface area contributed by atoms with Gasteiger partial charge in [0.15, 0.2) is 16.6 Å². The van der Waals surface area contributed by atoms with E-state index >= 15 is 0 Å². The Balaban J connectivity index is 0.000000276. The van der Waals surface area contributed by atoms with E-state index < -0.39 is 90.1 Å². The van der Waals surface area contributed by atoms with Crippen molar-refractivity contribution in [3.05, 3.63) is 216 Å². The fourth-order valence-electron chi connectivity index (χ4n) is 14.1. The Hall–Kier alpha value is -8.31. The number of aromatic nitrogens is 12. The Bertz CT molecular complexity index is 7270. The molecule has 8 aromatic carbocycles. The molecule has 9 heterocycles. The number of aromatic amines is 4. The third-order valence-corrected chi connectivity index (χ3v) is 33.7. The van der Waals surface area contributed by atoms with Gasteiger partial charge in [-0.1, -0.05) is 114 Å². The zero-order valence-corrected chi connectivity index (χ0v) is 98.1. The summed E-state index contributed by atoms with van der Waals surface area (Å²) in [4.78, 5) is 72.1. The van der Waals surface area contributed by atoms with Crippen LogP contribution in [0.5, 0.6) is 0 Å². The van der Waals surface area contributed by atoms with Crippen molar-refractivity contribution in [2.24, 2.45) is 0 Å². The summed E-state index contributed by atoms with van der Waals surface area (Å²) in [6, 6.07) is 51.6. The van der Waals surface area contributed by atoms with E-state index in [1.54, 1.807) is 92.1 Å². The minimum absolute atomic E-state index is 0. The molecule has 45 heteroatoms. The summed E-state index contributed by atoms with van der Waals surface area (Å²) in [5.74, 6) is 0. The molecule has 0 amide bonds. The van der Waals surface area contributed by atoms with Gasteiger partial charge in [-0.2, -0.15) is 20.4 Å². The summed E-state index contributed by atoms with van der Waals surface area (Å²) >= 11 is 25.9. The molecule has 33 nitrogen and oxygen atoms in total. The number of hydrogen-bond donors (Lipinski definition) is 8. The minimum Gasteiger partial charge on any atom is -1.00 e. The summed E-state index contributed by atoms with van der Waals surface area (Å²) in [6.45, 7) is 46.9. The van der Waals surface area contributed by atoms with Gasteiger partial charge >= 0.3 is 98.9 Å². The van der Waals surface area contributed by atoms with Crippen molar-refractivity contribution in [3.63, 3.8) is 0 Å². The quantitative estimate of drug-likeness (QED) is 0.0101. The number of nitrogens with one attached hydrogen (secondary N) is 4. The van der Waals surface area contributed by atoms with Crippen LogP contribution in [0.1, 0.15) is 173 Å². The average Bonchev–Trinajstić information content (AvgIpc) is 1.60. The molecule has 0 spiro atoms. The van der Waals surface area contributed by atoms with E-state index in [4.69, 9.17) is 103 Å². The van der Waals surface area contributed by atoms with E-state index in [9.17, 15) is 39.1 Å². The minimum atomic E-state index is -3.04. The molecule has 8 N–H and O–H groups in total. The zero-order chi connectivity index (χ0) is 106. The first-order chi connectivity index (χ1) is 66.8. The number of rotatable bonds is 13. The van der Waals surface area contributed by atoms with E-state index in [1.807, 2.05) is 159 Å². The molecule has 1 atom stereocenters. The van der Waals surface area contributed by atoms with Crippen molar-refractivity contribution in [1.29, 1.82) is 0 Å². The average molecular weight is 2290 g/mol. The maximum Gasteiger partial charge on any atom is 1.00 e. The molecule has 146 heavy (non-hydrogen) atoms. The molecule has 1 aliphatic rings. The van der Waals surface area contributed by atoms with Crippen LogP contribution < -0.4 is 78.9 Å². The molecule has 1 fully saturated rings. The van der Waals surface area contributed by atoms with Crippen LogP contribution in [-0.2, 0) is 61.6 Å². The number of aliphatic hydroxyl groups is 1. The Labute approximate surface area is 933 Å². The molecule has 0 saturated carbocycles. The monoisotopic (exact) mass is 2280 g/mol. The largest absolute Gasteiger partial charge is 1.00 e. The van der Waals surface area contributed by atoms with Crippen LogP contribution in [0.15, 0.2) is 170 Å². The third kappa shape index (κ3) is 33.1. The Morgan fingerprint density at radius 2 is 0.788 bits per heavy atom. The fraction of sp³-hybridized carbons (Fsp3) is 0.356. The molecule has 1 saturated heterocycles. The van der Waals surface area contributed by atoms with Gasteiger partial charge in [-0.3, -0.25) is 29.8 Å². The SMILES string of the molecule is C.C1CCOC1.CC(C)(C)OC(=O)n1c(-c2n[nH]c3cc(Cl)ccc23)cc2cc(C=O)ccc21.CC(C)(C)OC(=O)n1c(-c2n[nH]c3cc(Cl)ccc23)cc2cc(CO)ccc21.CC(C)(C)OC(=O)n1c(-c2n[nH]c3cc(Cl)ccc23)cc2cc(CO[Si](C)(C)C(C)(C)C)ccc21.CC(C)(C)OC(=O)n1c(B(O)O)cc2cc(CO[Si](C)(C)C(C)(C)C)ccc21.Clc1ccc2c(I)[nH]nc2c1.O=[P+]([O-])OO.[H-].[Na+].[Na+].[O-][Cl+][O-]. The first-order valence-electron chi connectivity index (χ1n) is 45.1. The number of aldehydes is 1. The van der Waals surface area contributed by atoms with Crippen LogP contribution >= 0.6 is 77.2 Å². The molecule has 17 rings (SSSR count). The topological polar surface area (TPSA) is 461 Å². The second-order valence-corrected chi connectivity index (χ2v) is 53.5. The maximum atomic E-state index is 13.4. The van der Waals surface area contributed by atoms with Crippen LogP contribution in [0.2, 0.25) is 56.4 Å². The van der Waals surface area contributed by atoms with Gasteiger partial charge < -0.3 is 63.3 Å². The van der Waals surface area contributed by atoms with E-state index in [0.717, 1.165) is 116 Å². The van der Waals surface area contributed by atoms with Crippen molar-refractivity contribution in [3.8, 4) is 34.2 Å². The van der Waals surface area contributed by atoms with Crippen LogP contribution in [0.3, 0.4) is 0 Å². The first kappa shape index (κ1) is 125. The number of fused-ring (bicyclic) bond motifs is 8. The molecule has 0 aliphatic carbocycles. The molecule has 16 aromatic rings. The van der Waals surface area contributed by atoms with E-state index in [2.05, 4.69) is 142 Å². The van der Waals surface area contributed by atoms with E-state index in [1.165, 1.54) is 26.5 Å². The summed E-state index contributed by atoms with van der Waals surface area (Å²) in [5.41, 5.74) is 10.4. The number of nitrogens with zero attached hydrogens (tertiary/aromatic N) is 8. The number of ether oxygens (including phenoxy) is 5. The molecule has 1 unspecified atom stereocenters. The summed E-state index contributed by atoms with van der Waals surface area (Å²) in [5, 5.41) is 74.9. The zero-order valence-electron chi connectivity index (χ0n) is 86.3. The molecule has 8 aromatic heterocycles. The Morgan fingerprint density at radius 3 is 1.10 bits per heavy atom. The summed E-state index contributed by atoms with van der Waals surface area (Å²) in [7, 11) is -8.60. The van der Waals surface area contributed by atoms with Crippen LogP contribution in [-0.4, -0.2) is 169 Å². The van der Waals surface area contributed by atoms with Crippen molar-refractivity contribution in [2.45, 2.75) is 223 Å². The Kier molecular flexibility index (Phi) is 44.9. The number of hydrogen-bond acceptors (Lipinski definition) is 25. The van der Waals surface area contributed by atoms with Gasteiger partial charge in [0.2, 0.25) is 0 Å². The first-order valence-corrected chi connectivity index (χ1v) is 55.3. The fourth-order valence-corrected chi connectivity index (χ4v) is 17.3. The van der Waals surface area contributed by atoms with E-state index in [-0.39, 0.29) is 90.2 Å². The maximum absolute atomic E-state index is 13.4. The van der Waals surface area contributed by atoms with Gasteiger partial charge in [0.1, 0.15) is 49.5 Å². The number of benzene rings is 8.